The van der Waals surface area contributed by atoms with Gasteiger partial charge in [-0.2, -0.15) is 0 Å². The van der Waals surface area contributed by atoms with Crippen LogP contribution in [0.1, 0.15) is 19.3 Å². The first kappa shape index (κ1) is 12.9. The molecule has 0 aromatic heterocycles. The number of hydrogen-bond acceptors (Lipinski definition) is 3. The van der Waals surface area contributed by atoms with Crippen LogP contribution in [0.5, 0.6) is 5.75 Å². The third kappa shape index (κ3) is 3.47. The van der Waals surface area contributed by atoms with Gasteiger partial charge in [0.05, 0.1) is 12.8 Å². The molecule has 1 atom stereocenters. The van der Waals surface area contributed by atoms with Crippen LogP contribution in [0.25, 0.3) is 0 Å². The number of methoxy groups -OCH3 is 1. The Kier molecular flexibility index (Phi) is 4.59. The summed E-state index contributed by atoms with van der Waals surface area (Å²) in [6, 6.07) is 7.43. The van der Waals surface area contributed by atoms with Crippen LogP contribution in [0.4, 0.5) is 5.69 Å². The van der Waals surface area contributed by atoms with Gasteiger partial charge in [0, 0.05) is 19.6 Å². The van der Waals surface area contributed by atoms with Gasteiger partial charge in [-0.15, -0.1) is 0 Å². The molecule has 1 unspecified atom stereocenters. The van der Waals surface area contributed by atoms with E-state index >= 15 is 0 Å². The first-order valence-electron chi connectivity index (χ1n) is 6.30. The van der Waals surface area contributed by atoms with Gasteiger partial charge >= 0.3 is 0 Å². The van der Waals surface area contributed by atoms with E-state index in [4.69, 9.17) is 9.47 Å². The van der Waals surface area contributed by atoms with E-state index in [9.17, 15) is 4.79 Å². The fourth-order valence-corrected chi connectivity index (χ4v) is 2.18. The fourth-order valence-electron chi connectivity index (χ4n) is 2.18. The van der Waals surface area contributed by atoms with Crippen LogP contribution < -0.4 is 10.1 Å². The number of carbonyl (C=O) groups excluding carboxylic acids is 1. The molecule has 0 saturated carbocycles. The number of ether oxygens (including phenoxy) is 2. The summed E-state index contributed by atoms with van der Waals surface area (Å²) in [5.74, 6) is 1.05. The molecule has 1 aromatic carbocycles. The van der Waals surface area contributed by atoms with E-state index in [1.54, 1.807) is 7.11 Å². The average Bonchev–Trinajstić information content (AvgIpc) is 2.40. The zero-order valence-electron chi connectivity index (χ0n) is 10.6. The first-order chi connectivity index (χ1) is 8.79. The molecule has 1 aliphatic heterocycles. The lowest BCUT2D eigenvalue weighted by Crippen LogP contribution is -2.23. The molecule has 1 fully saturated rings. The van der Waals surface area contributed by atoms with Gasteiger partial charge in [-0.1, -0.05) is 12.1 Å². The second-order valence-corrected chi connectivity index (χ2v) is 4.54. The largest absolute Gasteiger partial charge is 0.495 e. The normalized spacial score (nSPS) is 19.3. The Morgan fingerprint density at radius 2 is 2.33 bits per heavy atom. The number of hydrogen-bond donors (Lipinski definition) is 1. The smallest absolute Gasteiger partial charge is 0.224 e. The van der Waals surface area contributed by atoms with Gasteiger partial charge in [0.2, 0.25) is 5.91 Å². The minimum atomic E-state index is 0.0231. The SMILES string of the molecule is COc1ccccc1NC(=O)CC1CCCOC1. The van der Waals surface area contributed by atoms with E-state index in [-0.39, 0.29) is 5.91 Å². The van der Waals surface area contributed by atoms with Crippen molar-refractivity contribution in [2.24, 2.45) is 5.92 Å². The van der Waals surface area contributed by atoms with Gasteiger partial charge < -0.3 is 14.8 Å². The van der Waals surface area contributed by atoms with E-state index in [1.165, 1.54) is 0 Å². The molecule has 0 radical (unpaired) electrons. The lowest BCUT2D eigenvalue weighted by Gasteiger charge is -2.21. The molecule has 4 heteroatoms. The Hall–Kier alpha value is -1.55. The minimum Gasteiger partial charge on any atom is -0.495 e. The predicted octanol–water partition coefficient (Wildman–Crippen LogP) is 2.45. The highest BCUT2D eigenvalue weighted by Gasteiger charge is 2.18. The molecule has 1 amide bonds. The van der Waals surface area contributed by atoms with Crippen LogP contribution in [0.2, 0.25) is 0 Å². The third-order valence-corrected chi connectivity index (χ3v) is 3.11. The average molecular weight is 249 g/mol. The van der Waals surface area contributed by atoms with E-state index in [0.29, 0.717) is 24.7 Å². The van der Waals surface area contributed by atoms with Crippen LogP contribution in [-0.4, -0.2) is 26.2 Å². The highest BCUT2D eigenvalue weighted by molar-refractivity contribution is 5.92. The number of nitrogens with one attached hydrogen (secondary N) is 1. The lowest BCUT2D eigenvalue weighted by molar-refractivity contribution is -0.118. The monoisotopic (exact) mass is 249 g/mol. The van der Waals surface area contributed by atoms with Gasteiger partial charge in [0.25, 0.3) is 0 Å². The minimum absolute atomic E-state index is 0.0231. The number of rotatable bonds is 4. The molecule has 0 aliphatic carbocycles. The second kappa shape index (κ2) is 6.40. The summed E-state index contributed by atoms with van der Waals surface area (Å²) in [5.41, 5.74) is 0.724. The van der Waals surface area contributed by atoms with Crippen LogP contribution in [0, 0.1) is 5.92 Å². The van der Waals surface area contributed by atoms with Crippen molar-refractivity contribution in [3.63, 3.8) is 0 Å². The third-order valence-electron chi connectivity index (χ3n) is 3.11. The number of anilines is 1. The Morgan fingerprint density at radius 1 is 1.50 bits per heavy atom. The van der Waals surface area contributed by atoms with E-state index in [0.717, 1.165) is 25.1 Å². The van der Waals surface area contributed by atoms with E-state index in [2.05, 4.69) is 5.32 Å². The van der Waals surface area contributed by atoms with Crippen LogP contribution in [0.15, 0.2) is 24.3 Å². The Labute approximate surface area is 107 Å². The maximum atomic E-state index is 11.9. The highest BCUT2D eigenvalue weighted by atomic mass is 16.5. The molecule has 4 nitrogen and oxygen atoms in total. The molecule has 0 spiro atoms. The number of benzene rings is 1. The van der Waals surface area contributed by atoms with Gasteiger partial charge in [-0.3, -0.25) is 4.79 Å². The van der Waals surface area contributed by atoms with Gasteiger partial charge in [-0.05, 0) is 30.9 Å². The number of para-hydroxylation sites is 2. The lowest BCUT2D eigenvalue weighted by atomic mass is 9.98. The molecule has 1 saturated heterocycles. The standard InChI is InChI=1S/C14H19NO3/c1-17-13-7-3-2-6-12(13)15-14(16)9-11-5-4-8-18-10-11/h2-3,6-7,11H,4-5,8-10H2,1H3,(H,15,16). The first-order valence-corrected chi connectivity index (χ1v) is 6.30. The van der Waals surface area contributed by atoms with Crippen molar-refractivity contribution in [1.82, 2.24) is 0 Å². The molecule has 1 N–H and O–H groups in total. The van der Waals surface area contributed by atoms with E-state index < -0.39 is 0 Å². The van der Waals surface area contributed by atoms with Crippen LogP contribution >= 0.6 is 0 Å². The summed E-state index contributed by atoms with van der Waals surface area (Å²) in [7, 11) is 1.60. The molecule has 1 heterocycles. The maximum Gasteiger partial charge on any atom is 0.224 e. The zero-order chi connectivity index (χ0) is 12.8. The molecule has 2 rings (SSSR count). The van der Waals surface area contributed by atoms with Crippen molar-refractivity contribution < 1.29 is 14.3 Å². The van der Waals surface area contributed by atoms with Gasteiger partial charge in [-0.25, -0.2) is 0 Å². The summed E-state index contributed by atoms with van der Waals surface area (Å²) in [6.45, 7) is 1.52. The summed E-state index contributed by atoms with van der Waals surface area (Å²) >= 11 is 0. The Bertz CT molecular complexity index is 400. The molecular formula is C14H19NO3. The summed E-state index contributed by atoms with van der Waals surface area (Å²) in [5, 5.41) is 2.89. The van der Waals surface area contributed by atoms with E-state index in [1.807, 2.05) is 24.3 Å². The Morgan fingerprint density at radius 3 is 3.06 bits per heavy atom. The van der Waals surface area contributed by atoms with Gasteiger partial charge in [0.15, 0.2) is 0 Å². The van der Waals surface area contributed by atoms with Gasteiger partial charge in [0.1, 0.15) is 5.75 Å². The molecule has 98 valence electrons. The summed E-state index contributed by atoms with van der Waals surface area (Å²) in [4.78, 5) is 11.9. The zero-order valence-corrected chi connectivity index (χ0v) is 10.6. The topological polar surface area (TPSA) is 47.6 Å². The van der Waals surface area contributed by atoms with Crippen molar-refractivity contribution in [1.29, 1.82) is 0 Å². The number of carbonyl (C=O) groups is 1. The maximum absolute atomic E-state index is 11.9. The van der Waals surface area contributed by atoms with Crippen molar-refractivity contribution in [3.8, 4) is 5.75 Å². The van der Waals surface area contributed by atoms with Crippen LogP contribution in [0.3, 0.4) is 0 Å². The van der Waals surface area contributed by atoms with Crippen molar-refractivity contribution >= 4 is 11.6 Å². The Balaban J connectivity index is 1.90. The summed E-state index contributed by atoms with van der Waals surface area (Å²) in [6.07, 6.45) is 2.63. The highest BCUT2D eigenvalue weighted by Crippen LogP contribution is 2.24. The number of amides is 1. The van der Waals surface area contributed by atoms with Crippen LogP contribution in [-0.2, 0) is 9.53 Å². The molecular weight excluding hydrogens is 230 g/mol. The molecule has 18 heavy (non-hydrogen) atoms. The molecule has 1 aromatic rings. The fraction of sp³-hybridized carbons (Fsp3) is 0.500. The summed E-state index contributed by atoms with van der Waals surface area (Å²) < 4.78 is 10.6. The van der Waals surface area contributed by atoms with Crippen molar-refractivity contribution in [3.05, 3.63) is 24.3 Å². The van der Waals surface area contributed by atoms with Crippen molar-refractivity contribution in [2.75, 3.05) is 25.6 Å². The quantitative estimate of drug-likeness (QED) is 0.891. The van der Waals surface area contributed by atoms with Crippen molar-refractivity contribution in [2.45, 2.75) is 19.3 Å². The second-order valence-electron chi connectivity index (χ2n) is 4.54. The predicted molar refractivity (Wildman–Crippen MR) is 69.8 cm³/mol. The molecule has 1 aliphatic rings. The molecule has 0 bridgehead atoms.